The van der Waals surface area contributed by atoms with E-state index < -0.39 is 5.60 Å². The highest BCUT2D eigenvalue weighted by molar-refractivity contribution is 6.42. The molecule has 0 spiro atoms. The normalized spacial score (nSPS) is 11.2. The molecule has 1 amide bonds. The van der Waals surface area contributed by atoms with Crippen molar-refractivity contribution in [2.75, 3.05) is 24.1 Å². The molecule has 0 bridgehead atoms. The van der Waals surface area contributed by atoms with Gasteiger partial charge in [0.25, 0.3) is 0 Å². The molecule has 0 fully saturated rings. The van der Waals surface area contributed by atoms with Crippen molar-refractivity contribution in [3.63, 3.8) is 0 Å². The van der Waals surface area contributed by atoms with Crippen molar-refractivity contribution < 1.29 is 9.53 Å². The lowest BCUT2D eigenvalue weighted by Gasteiger charge is -2.19. The van der Waals surface area contributed by atoms with Gasteiger partial charge in [-0.25, -0.2) is 4.79 Å². The van der Waals surface area contributed by atoms with Gasteiger partial charge in [-0.05, 0) is 52.2 Å². The van der Waals surface area contributed by atoms with Gasteiger partial charge in [0.1, 0.15) is 5.60 Å². The Morgan fingerprint density at radius 2 is 1.74 bits per heavy atom. The minimum Gasteiger partial charge on any atom is -0.444 e. The number of halogens is 2. The molecule has 1 rings (SSSR count). The molecule has 0 aliphatic rings. The van der Waals surface area contributed by atoms with E-state index >= 15 is 0 Å². The third-order valence-electron chi connectivity index (χ3n) is 2.93. The van der Waals surface area contributed by atoms with Crippen LogP contribution in [0.3, 0.4) is 0 Å². The second-order valence-electron chi connectivity index (χ2n) is 6.27. The number of alkyl carbamates (subject to hydrolysis) is 1. The first-order valence-electron chi connectivity index (χ1n) is 7.64. The van der Waals surface area contributed by atoms with Crippen molar-refractivity contribution in [2.24, 2.45) is 0 Å². The molecule has 0 unspecified atom stereocenters. The first-order valence-corrected chi connectivity index (χ1v) is 8.40. The zero-order valence-electron chi connectivity index (χ0n) is 13.8. The molecular weight excluding hydrogens is 337 g/mol. The fourth-order valence-corrected chi connectivity index (χ4v) is 2.21. The Labute approximate surface area is 147 Å². The maximum atomic E-state index is 11.4. The van der Waals surface area contributed by atoms with Gasteiger partial charge in [0.05, 0.1) is 21.4 Å². The van der Waals surface area contributed by atoms with Crippen molar-refractivity contribution in [2.45, 2.75) is 45.6 Å². The molecule has 0 aliphatic carbocycles. The number of carbonyl (C=O) groups is 1. The predicted octanol–water partition coefficient (Wildman–Crippen LogP) is 4.68. The first kappa shape index (κ1) is 19.7. The van der Waals surface area contributed by atoms with Crippen molar-refractivity contribution >= 4 is 40.7 Å². The van der Waals surface area contributed by atoms with E-state index in [-0.39, 0.29) is 6.09 Å². The molecule has 0 aromatic heterocycles. The van der Waals surface area contributed by atoms with Gasteiger partial charge in [-0.2, -0.15) is 0 Å². The van der Waals surface area contributed by atoms with E-state index in [1.165, 1.54) is 0 Å². The molecule has 23 heavy (non-hydrogen) atoms. The third-order valence-corrected chi connectivity index (χ3v) is 3.65. The Bertz CT molecular complexity index is 531. The molecule has 0 saturated carbocycles. The monoisotopic (exact) mass is 361 g/mol. The second-order valence-corrected chi connectivity index (χ2v) is 7.08. The van der Waals surface area contributed by atoms with Gasteiger partial charge in [-0.3, -0.25) is 0 Å². The van der Waals surface area contributed by atoms with Crippen LogP contribution in [-0.2, 0) is 4.74 Å². The first-order chi connectivity index (χ1) is 10.7. The Morgan fingerprint density at radius 1 is 1.13 bits per heavy atom. The molecule has 5 nitrogen and oxygen atoms in total. The second kappa shape index (κ2) is 9.08. The summed E-state index contributed by atoms with van der Waals surface area (Å²) in [5.41, 5.74) is 6.76. The Morgan fingerprint density at radius 3 is 2.39 bits per heavy atom. The van der Waals surface area contributed by atoms with Crippen LogP contribution in [0.4, 0.5) is 16.2 Å². The standard InChI is InChI=1S/C16H25Cl2N3O2/c1-16(2,3)23-15(22)21-8-6-4-5-7-20-14-10-12(18)11(17)9-13(14)19/h9-10,20H,4-8,19H2,1-3H3,(H,21,22). The maximum absolute atomic E-state index is 11.4. The number of unbranched alkanes of at least 4 members (excludes halogenated alkanes) is 2. The summed E-state index contributed by atoms with van der Waals surface area (Å²) in [6.45, 7) is 6.89. The zero-order chi connectivity index (χ0) is 17.5. The number of hydrogen-bond donors (Lipinski definition) is 3. The molecule has 0 atom stereocenters. The van der Waals surface area contributed by atoms with Gasteiger partial charge >= 0.3 is 6.09 Å². The fourth-order valence-electron chi connectivity index (χ4n) is 1.87. The highest BCUT2D eigenvalue weighted by atomic mass is 35.5. The largest absolute Gasteiger partial charge is 0.444 e. The smallest absolute Gasteiger partial charge is 0.407 e. The Balaban J connectivity index is 2.15. The summed E-state index contributed by atoms with van der Waals surface area (Å²) < 4.78 is 5.16. The quantitative estimate of drug-likeness (QED) is 0.486. The summed E-state index contributed by atoms with van der Waals surface area (Å²) in [6, 6.07) is 3.36. The van der Waals surface area contributed by atoms with Crippen LogP contribution in [-0.4, -0.2) is 24.8 Å². The van der Waals surface area contributed by atoms with Crippen LogP contribution in [0.2, 0.25) is 10.0 Å². The topological polar surface area (TPSA) is 76.4 Å². The Kier molecular flexibility index (Phi) is 7.79. The molecule has 7 heteroatoms. The van der Waals surface area contributed by atoms with Crippen molar-refractivity contribution in [1.29, 1.82) is 0 Å². The lowest BCUT2D eigenvalue weighted by molar-refractivity contribution is 0.0527. The number of anilines is 2. The van der Waals surface area contributed by atoms with Gasteiger partial charge in [-0.1, -0.05) is 23.2 Å². The van der Waals surface area contributed by atoms with Gasteiger partial charge < -0.3 is 21.1 Å². The molecule has 0 aliphatic heterocycles. The molecular formula is C16H25Cl2N3O2. The predicted molar refractivity (Wildman–Crippen MR) is 97.5 cm³/mol. The van der Waals surface area contributed by atoms with Crippen LogP contribution in [0, 0.1) is 0 Å². The maximum Gasteiger partial charge on any atom is 0.407 e. The number of carbonyl (C=O) groups excluding carboxylic acids is 1. The van der Waals surface area contributed by atoms with E-state index in [2.05, 4.69) is 10.6 Å². The van der Waals surface area contributed by atoms with Gasteiger partial charge in [-0.15, -0.1) is 0 Å². The van der Waals surface area contributed by atoms with Crippen molar-refractivity contribution in [3.8, 4) is 0 Å². The van der Waals surface area contributed by atoms with Crippen LogP contribution in [0.1, 0.15) is 40.0 Å². The van der Waals surface area contributed by atoms with Crippen molar-refractivity contribution in [3.05, 3.63) is 22.2 Å². The minimum atomic E-state index is -0.464. The van der Waals surface area contributed by atoms with Crippen LogP contribution in [0.5, 0.6) is 0 Å². The van der Waals surface area contributed by atoms with E-state index in [4.69, 9.17) is 33.7 Å². The highest BCUT2D eigenvalue weighted by Gasteiger charge is 2.15. The van der Waals surface area contributed by atoms with E-state index in [0.717, 1.165) is 31.5 Å². The molecule has 0 radical (unpaired) electrons. The molecule has 0 heterocycles. The van der Waals surface area contributed by atoms with Gasteiger partial charge in [0, 0.05) is 13.1 Å². The zero-order valence-corrected chi connectivity index (χ0v) is 15.4. The average molecular weight is 362 g/mol. The summed E-state index contributed by atoms with van der Waals surface area (Å²) in [7, 11) is 0. The highest BCUT2D eigenvalue weighted by Crippen LogP contribution is 2.30. The number of nitrogens with one attached hydrogen (secondary N) is 2. The van der Waals surface area contributed by atoms with E-state index in [9.17, 15) is 4.79 Å². The summed E-state index contributed by atoms with van der Waals surface area (Å²) in [5.74, 6) is 0. The number of amides is 1. The van der Waals surface area contributed by atoms with Crippen LogP contribution in [0.25, 0.3) is 0 Å². The van der Waals surface area contributed by atoms with Crippen LogP contribution < -0.4 is 16.4 Å². The third kappa shape index (κ3) is 8.18. The Hall–Kier alpha value is -1.33. The summed E-state index contributed by atoms with van der Waals surface area (Å²) in [6.07, 6.45) is 2.44. The van der Waals surface area contributed by atoms with Crippen LogP contribution in [0.15, 0.2) is 12.1 Å². The van der Waals surface area contributed by atoms with E-state index in [0.29, 0.717) is 22.3 Å². The summed E-state index contributed by atoms with van der Waals surface area (Å²) >= 11 is 11.8. The number of benzene rings is 1. The molecule has 4 N–H and O–H groups in total. The van der Waals surface area contributed by atoms with E-state index in [1.54, 1.807) is 12.1 Å². The molecule has 0 saturated heterocycles. The number of ether oxygens (including phenoxy) is 1. The number of nitrogen functional groups attached to an aromatic ring is 1. The lowest BCUT2D eigenvalue weighted by Crippen LogP contribution is -2.33. The molecule has 1 aromatic rings. The SMILES string of the molecule is CC(C)(C)OC(=O)NCCCCCNc1cc(Cl)c(Cl)cc1N. The molecule has 130 valence electrons. The number of hydrogen-bond acceptors (Lipinski definition) is 4. The van der Waals surface area contributed by atoms with Gasteiger partial charge in [0.15, 0.2) is 0 Å². The average Bonchev–Trinajstić information content (AvgIpc) is 2.41. The van der Waals surface area contributed by atoms with Crippen molar-refractivity contribution in [1.82, 2.24) is 5.32 Å². The molecule has 1 aromatic carbocycles. The summed E-state index contributed by atoms with van der Waals surface area (Å²) in [4.78, 5) is 11.4. The fraction of sp³-hybridized carbons (Fsp3) is 0.562. The van der Waals surface area contributed by atoms with E-state index in [1.807, 2.05) is 20.8 Å². The lowest BCUT2D eigenvalue weighted by atomic mass is 10.2. The minimum absolute atomic E-state index is 0.376. The number of rotatable bonds is 7. The van der Waals surface area contributed by atoms with Crippen LogP contribution >= 0.6 is 23.2 Å². The van der Waals surface area contributed by atoms with Gasteiger partial charge in [0.2, 0.25) is 0 Å². The summed E-state index contributed by atoms with van der Waals surface area (Å²) in [5, 5.41) is 6.89. The number of nitrogens with two attached hydrogens (primary N) is 1.